The van der Waals surface area contributed by atoms with Gasteiger partial charge in [0.2, 0.25) is 0 Å². The first-order chi connectivity index (χ1) is 27.3. The molecule has 7 aromatic rings. The molecule has 0 unspecified atom stereocenters. The van der Waals surface area contributed by atoms with Gasteiger partial charge >= 0.3 is 0 Å². The molecule has 0 saturated heterocycles. The molecule has 0 spiro atoms. The molecule has 6 aromatic carbocycles. The van der Waals surface area contributed by atoms with Crippen molar-refractivity contribution in [3.8, 4) is 11.5 Å². The van der Waals surface area contributed by atoms with E-state index in [9.17, 15) is 2.74 Å². The normalized spacial score (nSPS) is 17.7. The number of thiophene rings is 1. The average molecular weight is 644 g/mol. The summed E-state index contributed by atoms with van der Waals surface area (Å²) in [6.07, 6.45) is 0. The van der Waals surface area contributed by atoms with Gasteiger partial charge in [0.1, 0.15) is 11.5 Å². The van der Waals surface area contributed by atoms with E-state index in [0.717, 1.165) is 39.0 Å². The van der Waals surface area contributed by atoms with E-state index in [1.54, 1.807) is 4.90 Å². The lowest BCUT2D eigenvalue weighted by molar-refractivity contribution is 0.487. The maximum atomic E-state index is 9.19. The summed E-state index contributed by atoms with van der Waals surface area (Å²) in [4.78, 5) is 4.58. The van der Waals surface area contributed by atoms with Gasteiger partial charge in [-0.05, 0) is 82.5 Å². The Bertz CT molecular complexity index is 2870. The fraction of sp³-hybridized carbons (Fsp3) is 0.0698. The number of anilines is 5. The van der Waals surface area contributed by atoms with Crippen molar-refractivity contribution in [1.82, 2.24) is 0 Å². The molecule has 1 aliphatic carbocycles. The van der Waals surface area contributed by atoms with E-state index < -0.39 is 30.3 Å². The molecule has 3 heterocycles. The van der Waals surface area contributed by atoms with Gasteiger partial charge < -0.3 is 14.5 Å². The van der Waals surface area contributed by atoms with E-state index in [2.05, 4.69) is 41.3 Å². The van der Waals surface area contributed by atoms with Gasteiger partial charge in [-0.1, -0.05) is 104 Å². The summed E-state index contributed by atoms with van der Waals surface area (Å²) in [7, 11) is 0. The number of nitrogens with zero attached hydrogens (tertiary/aromatic N) is 2. The lowest BCUT2D eigenvalue weighted by Crippen LogP contribution is -2.55. The monoisotopic (exact) mass is 643 g/mol. The van der Waals surface area contributed by atoms with E-state index in [0.29, 0.717) is 37.8 Å². The lowest BCUT2D eigenvalue weighted by Gasteiger charge is -2.42. The van der Waals surface area contributed by atoms with Crippen molar-refractivity contribution in [1.29, 1.82) is 0 Å². The largest absolute Gasteiger partial charge is 0.458 e. The Balaban J connectivity index is 1.28. The quantitative estimate of drug-likeness (QED) is 0.178. The van der Waals surface area contributed by atoms with Crippen LogP contribution in [0.15, 0.2) is 157 Å². The maximum Gasteiger partial charge on any atom is 0.252 e. The molecule has 3 nitrogen and oxygen atoms in total. The highest BCUT2D eigenvalue weighted by atomic mass is 32.1. The van der Waals surface area contributed by atoms with Crippen LogP contribution in [0.2, 0.25) is 0 Å². The number of rotatable bonds is 4. The minimum absolute atomic E-state index is 0.0245. The smallest absolute Gasteiger partial charge is 0.252 e. The van der Waals surface area contributed by atoms with Crippen molar-refractivity contribution in [3.63, 3.8) is 0 Å². The van der Waals surface area contributed by atoms with Gasteiger partial charge in [-0.2, -0.15) is 0 Å². The Hall–Kier alpha value is -5.52. The molecule has 228 valence electrons. The first kappa shape index (κ1) is 20.0. The van der Waals surface area contributed by atoms with Crippen LogP contribution in [0, 0.1) is 0 Å². The van der Waals surface area contributed by atoms with Gasteiger partial charge in [0.05, 0.1) is 22.9 Å². The summed E-state index contributed by atoms with van der Waals surface area (Å²) in [6, 6.07) is 28.9. The zero-order chi connectivity index (χ0) is 39.8. The van der Waals surface area contributed by atoms with Crippen molar-refractivity contribution in [2.75, 3.05) is 9.80 Å². The van der Waals surface area contributed by atoms with Gasteiger partial charge in [0.25, 0.3) is 6.71 Å². The van der Waals surface area contributed by atoms with Crippen LogP contribution in [0.25, 0.3) is 15.8 Å². The second-order valence-corrected chi connectivity index (χ2v) is 13.7. The maximum absolute atomic E-state index is 9.19. The molecule has 5 heteroatoms. The highest BCUT2D eigenvalue weighted by Gasteiger charge is 2.53. The first-order valence-corrected chi connectivity index (χ1v) is 16.6. The van der Waals surface area contributed by atoms with Crippen LogP contribution in [0.4, 0.5) is 28.4 Å². The summed E-state index contributed by atoms with van der Waals surface area (Å²) in [5.74, 6) is 1.20. The zero-order valence-corrected chi connectivity index (χ0v) is 26.8. The van der Waals surface area contributed by atoms with Crippen LogP contribution in [-0.2, 0) is 5.41 Å². The SMILES string of the molecule is [2H]c1c([2H])c([2H])c(N2C3=C(B4c5ccc(N(c6ccccc6)c6ccccc6)cc5Oc5cccc2c54)C(C)(C)c2c3sc3c([2H])c([2H])c([2H])c([2H])c23)c([2H])c1[2H]. The minimum Gasteiger partial charge on any atom is -0.458 e. The van der Waals surface area contributed by atoms with Crippen LogP contribution in [-0.4, -0.2) is 6.71 Å². The number of hydrogen-bond donors (Lipinski definition) is 0. The molecule has 0 atom stereocenters. The van der Waals surface area contributed by atoms with Crippen molar-refractivity contribution in [3.05, 3.63) is 167 Å². The fourth-order valence-electron chi connectivity index (χ4n) is 7.83. The van der Waals surface area contributed by atoms with E-state index >= 15 is 0 Å². The van der Waals surface area contributed by atoms with E-state index in [4.69, 9.17) is 14.3 Å². The van der Waals surface area contributed by atoms with Crippen molar-refractivity contribution < 1.29 is 17.1 Å². The van der Waals surface area contributed by atoms with Crippen molar-refractivity contribution in [2.24, 2.45) is 0 Å². The molecular formula is C43H31BN2OS. The number of para-hydroxylation sites is 3. The van der Waals surface area contributed by atoms with E-state index in [-0.39, 0.29) is 41.9 Å². The standard InChI is InChI=1S/C43H31BN2OS/c1-43(2)38-32-21-12-13-24-37(32)48-41(38)40-42(43)44-33-26-25-31(45(28-15-6-3-7-16-28)29-17-8-4-9-18-29)27-36(33)47-35-23-14-22-34(39(35)44)46(40)30-19-10-5-11-20-30/h3-27H,1-2H3/i5D,10D,11D,12D,13D,19D,20D,21D,24D. The van der Waals surface area contributed by atoms with E-state index in [1.165, 1.54) is 11.3 Å². The predicted octanol–water partition coefficient (Wildman–Crippen LogP) is 10.5. The fourth-order valence-corrected chi connectivity index (χ4v) is 9.15. The Labute approximate surface area is 297 Å². The lowest BCUT2D eigenvalue weighted by atomic mass is 9.31. The minimum atomic E-state index is -0.865. The van der Waals surface area contributed by atoms with E-state index in [1.807, 2.05) is 74.5 Å². The highest BCUT2D eigenvalue weighted by Crippen LogP contribution is 2.59. The number of fused-ring (bicyclic) bond motifs is 7. The molecule has 0 amide bonds. The summed E-state index contributed by atoms with van der Waals surface area (Å²) < 4.78 is 86.5. The molecule has 3 aliphatic rings. The first-order valence-electron chi connectivity index (χ1n) is 20.3. The molecule has 48 heavy (non-hydrogen) atoms. The predicted molar refractivity (Wildman–Crippen MR) is 203 cm³/mol. The van der Waals surface area contributed by atoms with Gasteiger partial charge in [0, 0.05) is 44.6 Å². The second kappa shape index (κ2) is 10.2. The zero-order valence-electron chi connectivity index (χ0n) is 35.0. The molecule has 0 bridgehead atoms. The number of hydrogen-bond acceptors (Lipinski definition) is 4. The van der Waals surface area contributed by atoms with Crippen LogP contribution in [0.5, 0.6) is 11.5 Å². The molecule has 10 rings (SSSR count). The number of benzene rings is 6. The summed E-state index contributed by atoms with van der Waals surface area (Å²) in [5, 5.41) is 0.426. The number of ether oxygens (including phenoxy) is 1. The third kappa shape index (κ3) is 3.82. The van der Waals surface area contributed by atoms with Gasteiger partial charge in [-0.3, -0.25) is 0 Å². The molecule has 0 N–H and O–H groups in total. The van der Waals surface area contributed by atoms with Gasteiger partial charge in [-0.25, -0.2) is 0 Å². The van der Waals surface area contributed by atoms with Gasteiger partial charge in [0.15, 0.2) is 0 Å². The van der Waals surface area contributed by atoms with Crippen LogP contribution < -0.4 is 25.5 Å². The Kier molecular flexibility index (Phi) is 4.26. The van der Waals surface area contributed by atoms with Crippen LogP contribution >= 0.6 is 11.3 Å². The molecule has 1 aromatic heterocycles. The van der Waals surface area contributed by atoms with Crippen LogP contribution in [0.1, 0.15) is 36.6 Å². The Morgan fingerprint density at radius 2 is 1.44 bits per heavy atom. The topological polar surface area (TPSA) is 15.7 Å². The molecule has 2 aliphatic heterocycles. The Morgan fingerprint density at radius 1 is 0.729 bits per heavy atom. The third-order valence-corrected chi connectivity index (χ3v) is 10.8. The summed E-state index contributed by atoms with van der Waals surface area (Å²) in [5.41, 5.74) is 6.37. The van der Waals surface area contributed by atoms with Crippen molar-refractivity contribution >= 4 is 73.2 Å². The van der Waals surface area contributed by atoms with Crippen molar-refractivity contribution in [2.45, 2.75) is 19.3 Å². The number of allylic oxidation sites excluding steroid dienone is 1. The third-order valence-electron chi connectivity index (χ3n) is 9.71. The molecule has 0 saturated carbocycles. The highest BCUT2D eigenvalue weighted by molar-refractivity contribution is 7.20. The Morgan fingerprint density at radius 3 is 2.19 bits per heavy atom. The molecule has 0 fully saturated rings. The molecular weight excluding hydrogens is 603 g/mol. The second-order valence-electron chi connectivity index (χ2n) is 12.7. The average Bonchev–Trinajstić information content (AvgIpc) is 3.73. The van der Waals surface area contributed by atoms with Gasteiger partial charge in [-0.15, -0.1) is 11.3 Å². The molecule has 0 radical (unpaired) electrons. The summed E-state index contributed by atoms with van der Waals surface area (Å²) in [6.45, 7) is 3.67. The summed E-state index contributed by atoms with van der Waals surface area (Å²) >= 11 is 1.25. The van der Waals surface area contributed by atoms with Crippen LogP contribution in [0.3, 0.4) is 0 Å².